The van der Waals surface area contributed by atoms with Gasteiger partial charge in [-0.25, -0.2) is 14.4 Å². The Morgan fingerprint density at radius 3 is 2.42 bits per heavy atom. The number of hydrogen-bond donors (Lipinski definition) is 1. The van der Waals surface area contributed by atoms with Crippen molar-refractivity contribution in [2.45, 2.75) is 6.04 Å². The summed E-state index contributed by atoms with van der Waals surface area (Å²) < 4.78 is 13.3. The molecule has 1 aliphatic heterocycles. The van der Waals surface area contributed by atoms with Gasteiger partial charge in [-0.2, -0.15) is 0 Å². The van der Waals surface area contributed by atoms with Crippen molar-refractivity contribution in [1.29, 1.82) is 0 Å². The van der Waals surface area contributed by atoms with Gasteiger partial charge < -0.3 is 5.32 Å². The molecule has 0 radical (unpaired) electrons. The van der Waals surface area contributed by atoms with Crippen molar-refractivity contribution in [2.24, 2.45) is 4.99 Å². The second-order valence-corrected chi connectivity index (χ2v) is 5.60. The first kappa shape index (κ1) is 14.5. The number of amidine groups is 1. The maximum absolute atomic E-state index is 13.3. The van der Waals surface area contributed by atoms with E-state index in [2.05, 4.69) is 20.3 Å². The van der Waals surface area contributed by atoms with Crippen LogP contribution in [-0.2, 0) is 0 Å². The van der Waals surface area contributed by atoms with Crippen molar-refractivity contribution < 1.29 is 4.39 Å². The van der Waals surface area contributed by atoms with Gasteiger partial charge in [-0.3, -0.25) is 4.99 Å². The van der Waals surface area contributed by atoms with Crippen LogP contribution in [0.4, 0.5) is 4.39 Å². The van der Waals surface area contributed by atoms with Crippen molar-refractivity contribution in [2.75, 3.05) is 6.54 Å². The summed E-state index contributed by atoms with van der Waals surface area (Å²) in [5.41, 5.74) is 2.70. The molecule has 1 aromatic heterocycles. The van der Waals surface area contributed by atoms with E-state index in [-0.39, 0.29) is 11.9 Å². The lowest BCUT2D eigenvalue weighted by Crippen LogP contribution is -2.24. The zero-order valence-corrected chi connectivity index (χ0v) is 12.9. The molecule has 3 aromatic rings. The lowest BCUT2D eigenvalue weighted by Gasteiger charge is -2.12. The minimum absolute atomic E-state index is 0.00749. The van der Waals surface area contributed by atoms with Gasteiger partial charge in [0.25, 0.3) is 0 Å². The maximum Gasteiger partial charge on any atom is 0.159 e. The fourth-order valence-corrected chi connectivity index (χ4v) is 2.69. The quantitative estimate of drug-likeness (QED) is 0.805. The Bertz CT molecular complexity index is 875. The van der Waals surface area contributed by atoms with Crippen molar-refractivity contribution in [3.8, 4) is 11.4 Å². The van der Waals surface area contributed by atoms with Gasteiger partial charge in [0.15, 0.2) is 5.82 Å². The highest BCUT2D eigenvalue weighted by molar-refractivity contribution is 6.00. The van der Waals surface area contributed by atoms with E-state index in [1.807, 2.05) is 48.8 Å². The maximum atomic E-state index is 13.3. The number of hydrogen-bond acceptors (Lipinski definition) is 4. The third-order valence-electron chi connectivity index (χ3n) is 3.95. The first-order chi connectivity index (χ1) is 11.8. The highest BCUT2D eigenvalue weighted by atomic mass is 19.1. The van der Waals surface area contributed by atoms with Gasteiger partial charge in [0.1, 0.15) is 11.7 Å². The van der Waals surface area contributed by atoms with Crippen molar-refractivity contribution in [3.05, 3.63) is 83.9 Å². The fourth-order valence-electron chi connectivity index (χ4n) is 2.69. The first-order valence-electron chi connectivity index (χ1n) is 7.74. The molecule has 1 N–H and O–H groups in total. The van der Waals surface area contributed by atoms with Crippen molar-refractivity contribution in [1.82, 2.24) is 15.3 Å². The van der Waals surface area contributed by atoms with E-state index in [0.717, 1.165) is 16.7 Å². The Balaban J connectivity index is 1.50. The standard InChI is InChI=1S/C19H15FN4/c20-16-8-4-7-14(9-16)19-23-12-17(24-19)15-10-21-18(22-11-15)13-5-2-1-3-6-13/h1-11,17H,12H2,(H,23,24). The van der Waals surface area contributed by atoms with Crippen LogP contribution in [0.3, 0.4) is 0 Å². The molecule has 2 aromatic carbocycles. The normalized spacial score (nSPS) is 16.5. The van der Waals surface area contributed by atoms with Gasteiger partial charge in [-0.05, 0) is 12.1 Å². The molecule has 0 saturated heterocycles. The largest absolute Gasteiger partial charge is 0.361 e. The number of halogens is 1. The molecule has 0 spiro atoms. The van der Waals surface area contributed by atoms with Crippen LogP contribution in [-0.4, -0.2) is 22.3 Å². The van der Waals surface area contributed by atoms with Crippen LogP contribution in [0.1, 0.15) is 17.2 Å². The summed E-state index contributed by atoms with van der Waals surface area (Å²) in [6.07, 6.45) is 3.63. The van der Waals surface area contributed by atoms with Crippen LogP contribution in [0, 0.1) is 5.82 Å². The van der Waals surface area contributed by atoms with Gasteiger partial charge in [0, 0.05) is 29.1 Å². The van der Waals surface area contributed by atoms with E-state index in [0.29, 0.717) is 18.2 Å². The summed E-state index contributed by atoms with van der Waals surface area (Å²) >= 11 is 0. The molecule has 2 heterocycles. The molecule has 4 rings (SSSR count). The van der Waals surface area contributed by atoms with Gasteiger partial charge in [-0.15, -0.1) is 0 Å². The molecule has 5 heteroatoms. The van der Waals surface area contributed by atoms with E-state index in [1.165, 1.54) is 12.1 Å². The Morgan fingerprint density at radius 2 is 1.67 bits per heavy atom. The third kappa shape index (κ3) is 2.88. The molecule has 0 bridgehead atoms. The van der Waals surface area contributed by atoms with Crippen LogP contribution >= 0.6 is 0 Å². The van der Waals surface area contributed by atoms with Crippen LogP contribution in [0.25, 0.3) is 11.4 Å². The number of benzene rings is 2. The summed E-state index contributed by atoms with van der Waals surface area (Å²) in [6, 6.07) is 16.3. The van der Waals surface area contributed by atoms with E-state index in [9.17, 15) is 4.39 Å². The van der Waals surface area contributed by atoms with Gasteiger partial charge in [-0.1, -0.05) is 42.5 Å². The Hall–Kier alpha value is -3.08. The highest BCUT2D eigenvalue weighted by Crippen LogP contribution is 2.20. The minimum Gasteiger partial charge on any atom is -0.361 e. The van der Waals surface area contributed by atoms with Crippen LogP contribution in [0.15, 0.2) is 72.0 Å². The zero-order valence-electron chi connectivity index (χ0n) is 12.9. The molecule has 0 fully saturated rings. The molecule has 1 aliphatic rings. The lowest BCUT2D eigenvalue weighted by molar-refractivity contribution is 0.627. The second kappa shape index (κ2) is 6.20. The Labute approximate surface area is 139 Å². The summed E-state index contributed by atoms with van der Waals surface area (Å²) in [5, 5.41) is 3.31. The first-order valence-corrected chi connectivity index (χ1v) is 7.74. The van der Waals surface area contributed by atoms with Crippen molar-refractivity contribution in [3.63, 3.8) is 0 Å². The average Bonchev–Trinajstić information content (AvgIpc) is 3.13. The van der Waals surface area contributed by atoms with Crippen LogP contribution < -0.4 is 5.32 Å². The van der Waals surface area contributed by atoms with E-state index in [1.54, 1.807) is 6.07 Å². The predicted octanol–water partition coefficient (Wildman–Crippen LogP) is 3.37. The molecule has 1 atom stereocenters. The topological polar surface area (TPSA) is 50.2 Å². The van der Waals surface area contributed by atoms with Gasteiger partial charge in [0.05, 0.1) is 12.6 Å². The molecule has 0 aliphatic carbocycles. The number of aliphatic imine (C=N–C) groups is 1. The number of nitrogens with zero attached hydrogens (tertiary/aromatic N) is 3. The van der Waals surface area contributed by atoms with E-state index >= 15 is 0 Å². The Kier molecular flexibility index (Phi) is 3.75. The molecular weight excluding hydrogens is 303 g/mol. The molecule has 4 nitrogen and oxygen atoms in total. The van der Waals surface area contributed by atoms with Crippen LogP contribution in [0.5, 0.6) is 0 Å². The molecule has 0 saturated carbocycles. The second-order valence-electron chi connectivity index (χ2n) is 5.60. The summed E-state index contributed by atoms with van der Waals surface area (Å²) in [5.74, 6) is 1.13. The summed E-state index contributed by atoms with van der Waals surface area (Å²) in [7, 11) is 0. The minimum atomic E-state index is -0.268. The van der Waals surface area contributed by atoms with Crippen molar-refractivity contribution >= 4 is 5.84 Å². The zero-order chi connectivity index (χ0) is 16.4. The molecule has 0 amide bonds. The SMILES string of the molecule is Fc1cccc(C2=NCC(c3cnc(-c4ccccc4)nc3)N2)c1. The molecule has 24 heavy (non-hydrogen) atoms. The fraction of sp³-hybridized carbons (Fsp3) is 0.105. The average molecular weight is 318 g/mol. The Morgan fingerprint density at radius 1 is 0.917 bits per heavy atom. The molecule has 118 valence electrons. The van der Waals surface area contributed by atoms with Crippen LogP contribution in [0.2, 0.25) is 0 Å². The van der Waals surface area contributed by atoms with Gasteiger partial charge >= 0.3 is 0 Å². The lowest BCUT2D eigenvalue weighted by atomic mass is 10.1. The van der Waals surface area contributed by atoms with E-state index < -0.39 is 0 Å². The third-order valence-corrected chi connectivity index (χ3v) is 3.95. The highest BCUT2D eigenvalue weighted by Gasteiger charge is 2.21. The summed E-state index contributed by atoms with van der Waals surface area (Å²) in [6.45, 7) is 0.583. The number of nitrogens with one attached hydrogen (secondary N) is 1. The molecular formula is C19H15FN4. The summed E-state index contributed by atoms with van der Waals surface area (Å²) in [4.78, 5) is 13.4. The predicted molar refractivity (Wildman–Crippen MR) is 91.1 cm³/mol. The van der Waals surface area contributed by atoms with Gasteiger partial charge in [0.2, 0.25) is 0 Å². The molecule has 1 unspecified atom stereocenters. The smallest absolute Gasteiger partial charge is 0.159 e. The number of rotatable bonds is 3. The van der Waals surface area contributed by atoms with E-state index in [4.69, 9.17) is 0 Å². The monoisotopic (exact) mass is 318 g/mol. The number of aromatic nitrogens is 2.